The molecule has 23 heavy (non-hydrogen) atoms. The lowest BCUT2D eigenvalue weighted by atomic mass is 10.0. The molecule has 0 fully saturated rings. The minimum absolute atomic E-state index is 0.193. The van der Waals surface area contributed by atoms with Crippen LogP contribution in [-0.4, -0.2) is 36.4 Å². The summed E-state index contributed by atoms with van der Waals surface area (Å²) >= 11 is 0. The second-order valence-electron chi connectivity index (χ2n) is 5.41. The zero-order valence-corrected chi connectivity index (χ0v) is 13.7. The Bertz CT molecular complexity index is 477. The van der Waals surface area contributed by atoms with E-state index in [4.69, 9.17) is 14.6 Å². The highest BCUT2D eigenvalue weighted by molar-refractivity contribution is 5.69. The zero-order chi connectivity index (χ0) is 17.1. The Morgan fingerprint density at radius 2 is 1.96 bits per heavy atom. The SMILES string of the molecule is CCCO[C@@H](CNC(=O)OCc1ccccc1)CC(C)C(=O)O. The molecule has 0 saturated carbocycles. The average Bonchev–Trinajstić information content (AvgIpc) is 2.56. The Hall–Kier alpha value is -2.08. The number of aliphatic carboxylic acids is 1. The molecule has 1 amide bonds. The average molecular weight is 323 g/mol. The summed E-state index contributed by atoms with van der Waals surface area (Å²) in [7, 11) is 0. The van der Waals surface area contributed by atoms with Gasteiger partial charge in [0.1, 0.15) is 6.61 Å². The molecule has 1 aromatic rings. The van der Waals surface area contributed by atoms with E-state index < -0.39 is 18.0 Å². The van der Waals surface area contributed by atoms with Crippen LogP contribution in [0.15, 0.2) is 30.3 Å². The summed E-state index contributed by atoms with van der Waals surface area (Å²) < 4.78 is 10.7. The summed E-state index contributed by atoms with van der Waals surface area (Å²) in [5.41, 5.74) is 0.904. The van der Waals surface area contributed by atoms with Crippen molar-refractivity contribution in [1.82, 2.24) is 5.32 Å². The normalized spacial score (nSPS) is 13.1. The number of hydrogen-bond donors (Lipinski definition) is 2. The maximum Gasteiger partial charge on any atom is 0.407 e. The third-order valence-corrected chi connectivity index (χ3v) is 3.28. The number of carboxylic acids is 1. The van der Waals surface area contributed by atoms with Gasteiger partial charge in [0.25, 0.3) is 0 Å². The number of hydrogen-bond acceptors (Lipinski definition) is 4. The number of alkyl carbamates (subject to hydrolysis) is 1. The number of nitrogens with one attached hydrogen (secondary N) is 1. The molecule has 0 bridgehead atoms. The van der Waals surface area contributed by atoms with E-state index in [-0.39, 0.29) is 19.3 Å². The number of carbonyl (C=O) groups excluding carboxylic acids is 1. The molecule has 0 aliphatic carbocycles. The van der Waals surface area contributed by atoms with Gasteiger partial charge in [0.15, 0.2) is 0 Å². The molecule has 0 aliphatic heterocycles. The maximum absolute atomic E-state index is 11.7. The van der Waals surface area contributed by atoms with Gasteiger partial charge < -0.3 is 19.9 Å². The van der Waals surface area contributed by atoms with Crippen LogP contribution >= 0.6 is 0 Å². The summed E-state index contributed by atoms with van der Waals surface area (Å²) in [6.45, 7) is 4.54. The van der Waals surface area contributed by atoms with E-state index in [1.165, 1.54) is 0 Å². The summed E-state index contributed by atoms with van der Waals surface area (Å²) in [6, 6.07) is 9.38. The standard InChI is InChI=1S/C17H25NO5/c1-3-9-22-15(10-13(2)16(19)20)11-18-17(21)23-12-14-7-5-4-6-8-14/h4-8,13,15H,3,9-12H2,1-2H3,(H,18,21)(H,19,20)/t13?,15-/m1/s1. The van der Waals surface area contributed by atoms with Gasteiger partial charge in [-0.05, 0) is 18.4 Å². The van der Waals surface area contributed by atoms with Gasteiger partial charge in [-0.15, -0.1) is 0 Å². The fraction of sp³-hybridized carbons (Fsp3) is 0.529. The van der Waals surface area contributed by atoms with Crippen molar-refractivity contribution in [2.75, 3.05) is 13.2 Å². The highest BCUT2D eigenvalue weighted by Gasteiger charge is 2.19. The van der Waals surface area contributed by atoms with Gasteiger partial charge in [-0.3, -0.25) is 4.79 Å². The summed E-state index contributed by atoms with van der Waals surface area (Å²) in [5, 5.41) is 11.6. The van der Waals surface area contributed by atoms with Crippen molar-refractivity contribution < 1.29 is 24.2 Å². The van der Waals surface area contributed by atoms with E-state index in [9.17, 15) is 9.59 Å². The lowest BCUT2D eigenvalue weighted by Crippen LogP contribution is -2.36. The quantitative estimate of drug-likeness (QED) is 0.691. The van der Waals surface area contributed by atoms with E-state index in [1.54, 1.807) is 6.92 Å². The van der Waals surface area contributed by atoms with Gasteiger partial charge in [0.2, 0.25) is 0 Å². The van der Waals surface area contributed by atoms with Gasteiger partial charge in [0.05, 0.1) is 12.0 Å². The Morgan fingerprint density at radius 1 is 1.26 bits per heavy atom. The second kappa shape index (κ2) is 10.6. The van der Waals surface area contributed by atoms with Gasteiger partial charge in [-0.25, -0.2) is 4.79 Å². The Balaban J connectivity index is 2.36. The van der Waals surface area contributed by atoms with Crippen molar-refractivity contribution in [3.05, 3.63) is 35.9 Å². The van der Waals surface area contributed by atoms with E-state index >= 15 is 0 Å². The summed E-state index contributed by atoms with van der Waals surface area (Å²) in [6.07, 6.45) is 0.289. The van der Waals surface area contributed by atoms with Crippen molar-refractivity contribution in [2.45, 2.75) is 39.4 Å². The lowest BCUT2D eigenvalue weighted by molar-refractivity contribution is -0.142. The fourth-order valence-electron chi connectivity index (χ4n) is 1.96. The molecule has 1 aromatic carbocycles. The van der Waals surface area contributed by atoms with Crippen molar-refractivity contribution in [3.8, 4) is 0 Å². The van der Waals surface area contributed by atoms with Crippen LogP contribution in [-0.2, 0) is 20.9 Å². The number of carboxylic acid groups (broad SMARTS) is 1. The first-order valence-corrected chi connectivity index (χ1v) is 7.81. The number of ether oxygens (including phenoxy) is 2. The fourth-order valence-corrected chi connectivity index (χ4v) is 1.96. The minimum atomic E-state index is -0.873. The van der Waals surface area contributed by atoms with Crippen LogP contribution in [0.4, 0.5) is 4.79 Å². The molecule has 1 unspecified atom stereocenters. The van der Waals surface area contributed by atoms with Crippen molar-refractivity contribution in [2.24, 2.45) is 5.92 Å². The van der Waals surface area contributed by atoms with Crippen LogP contribution < -0.4 is 5.32 Å². The summed E-state index contributed by atoms with van der Waals surface area (Å²) in [5.74, 6) is -1.40. The van der Waals surface area contributed by atoms with Gasteiger partial charge in [-0.1, -0.05) is 44.2 Å². The molecule has 0 saturated heterocycles. The van der Waals surface area contributed by atoms with Crippen molar-refractivity contribution in [3.63, 3.8) is 0 Å². The highest BCUT2D eigenvalue weighted by atomic mass is 16.5. The van der Waals surface area contributed by atoms with Crippen LogP contribution in [0.25, 0.3) is 0 Å². The van der Waals surface area contributed by atoms with Gasteiger partial charge in [-0.2, -0.15) is 0 Å². The molecule has 6 heteroatoms. The van der Waals surface area contributed by atoms with E-state index in [0.29, 0.717) is 13.0 Å². The van der Waals surface area contributed by atoms with Crippen molar-refractivity contribution >= 4 is 12.1 Å². The molecule has 0 radical (unpaired) electrons. The van der Waals surface area contributed by atoms with E-state index in [2.05, 4.69) is 5.32 Å². The maximum atomic E-state index is 11.7. The van der Waals surface area contributed by atoms with Crippen LogP contribution in [0, 0.1) is 5.92 Å². The predicted molar refractivity (Wildman–Crippen MR) is 86.1 cm³/mol. The number of rotatable bonds is 10. The highest BCUT2D eigenvalue weighted by Crippen LogP contribution is 2.10. The molecule has 128 valence electrons. The molecular formula is C17H25NO5. The molecule has 2 N–H and O–H groups in total. The minimum Gasteiger partial charge on any atom is -0.481 e. The Kier molecular flexibility index (Phi) is 8.75. The predicted octanol–water partition coefficient (Wildman–Crippen LogP) is 2.82. The van der Waals surface area contributed by atoms with E-state index in [0.717, 1.165) is 12.0 Å². The molecule has 0 aliphatic rings. The third-order valence-electron chi connectivity index (χ3n) is 3.28. The van der Waals surface area contributed by atoms with Crippen LogP contribution in [0.2, 0.25) is 0 Å². The van der Waals surface area contributed by atoms with Gasteiger partial charge in [0, 0.05) is 13.2 Å². The zero-order valence-electron chi connectivity index (χ0n) is 13.7. The topological polar surface area (TPSA) is 84.9 Å². The first kappa shape index (κ1) is 19.0. The molecule has 2 atom stereocenters. The molecule has 0 spiro atoms. The Morgan fingerprint density at radius 3 is 2.57 bits per heavy atom. The number of benzene rings is 1. The van der Waals surface area contributed by atoms with Gasteiger partial charge >= 0.3 is 12.1 Å². The smallest absolute Gasteiger partial charge is 0.407 e. The number of amides is 1. The second-order valence-corrected chi connectivity index (χ2v) is 5.41. The molecule has 0 heterocycles. The molecular weight excluding hydrogens is 298 g/mol. The third kappa shape index (κ3) is 8.21. The van der Waals surface area contributed by atoms with Crippen LogP contribution in [0.5, 0.6) is 0 Å². The van der Waals surface area contributed by atoms with Crippen LogP contribution in [0.3, 0.4) is 0 Å². The number of carbonyl (C=O) groups is 2. The molecule has 6 nitrogen and oxygen atoms in total. The summed E-state index contributed by atoms with van der Waals surface area (Å²) in [4.78, 5) is 22.6. The monoisotopic (exact) mass is 323 g/mol. The first-order valence-electron chi connectivity index (χ1n) is 7.81. The molecule has 0 aromatic heterocycles. The first-order chi connectivity index (χ1) is 11.0. The Labute approximate surface area is 136 Å². The largest absolute Gasteiger partial charge is 0.481 e. The molecule has 1 rings (SSSR count). The van der Waals surface area contributed by atoms with Crippen LogP contribution in [0.1, 0.15) is 32.3 Å². The lowest BCUT2D eigenvalue weighted by Gasteiger charge is -2.20. The van der Waals surface area contributed by atoms with E-state index in [1.807, 2.05) is 37.3 Å². The van der Waals surface area contributed by atoms with Crippen molar-refractivity contribution in [1.29, 1.82) is 0 Å².